The molecule has 1 aromatic heterocycles. The number of ether oxygens (including phenoxy) is 1. The number of hydrogen-bond donors (Lipinski definition) is 0. The number of rotatable bonds is 5. The summed E-state index contributed by atoms with van der Waals surface area (Å²) in [5.74, 6) is -1.06. The molecule has 1 aliphatic heterocycles. The van der Waals surface area contributed by atoms with E-state index in [4.69, 9.17) is 9.15 Å². The summed E-state index contributed by atoms with van der Waals surface area (Å²) in [6.45, 7) is 0.0878. The minimum absolute atomic E-state index is 0.0586. The van der Waals surface area contributed by atoms with Gasteiger partial charge in [-0.2, -0.15) is 0 Å². The number of aryl methyl sites for hydroxylation is 1. The Morgan fingerprint density at radius 2 is 1.97 bits per heavy atom. The molecular weight excluding hydrogens is 420 g/mol. The van der Waals surface area contributed by atoms with Crippen LogP contribution in [0.25, 0.3) is 11.3 Å². The molecule has 7 nitrogen and oxygen atoms in total. The molecular formula is C23H21F2N3O4. The maximum Gasteiger partial charge on any atom is 0.265 e. The van der Waals surface area contributed by atoms with Crippen LogP contribution < -0.4 is 9.64 Å². The van der Waals surface area contributed by atoms with E-state index >= 15 is 0 Å². The van der Waals surface area contributed by atoms with Crippen LogP contribution in [-0.2, 0) is 16.0 Å². The van der Waals surface area contributed by atoms with Gasteiger partial charge in [0.2, 0.25) is 5.91 Å². The summed E-state index contributed by atoms with van der Waals surface area (Å²) in [7, 11) is 3.25. The first-order chi connectivity index (χ1) is 15.3. The largest absolute Gasteiger partial charge is 0.476 e. The average Bonchev–Trinajstić information content (AvgIpc) is 3.24. The molecule has 0 saturated heterocycles. The Kier molecular flexibility index (Phi) is 5.89. The minimum Gasteiger partial charge on any atom is -0.476 e. The van der Waals surface area contributed by atoms with E-state index in [2.05, 4.69) is 4.98 Å². The Hall–Kier alpha value is -3.75. The van der Waals surface area contributed by atoms with Crippen molar-refractivity contribution >= 4 is 17.5 Å². The zero-order valence-corrected chi connectivity index (χ0v) is 17.5. The van der Waals surface area contributed by atoms with Gasteiger partial charge in [-0.1, -0.05) is 12.1 Å². The van der Waals surface area contributed by atoms with E-state index < -0.39 is 17.7 Å². The SMILES string of the molecule is CN(C)C(=O)C1CN(C(=O)CCc2ncc(-c3ccc(F)cc3F)o2)c2ccccc2O1. The van der Waals surface area contributed by atoms with Crippen molar-refractivity contribution in [3.8, 4) is 17.1 Å². The van der Waals surface area contributed by atoms with Gasteiger partial charge < -0.3 is 19.0 Å². The molecule has 0 aliphatic carbocycles. The second-order valence-electron chi connectivity index (χ2n) is 7.55. The minimum atomic E-state index is -0.807. The van der Waals surface area contributed by atoms with Crippen LogP contribution in [0, 0.1) is 11.6 Å². The van der Waals surface area contributed by atoms with Gasteiger partial charge in [0.25, 0.3) is 5.91 Å². The number of fused-ring (bicyclic) bond motifs is 1. The number of aromatic nitrogens is 1. The van der Waals surface area contributed by atoms with Crippen molar-refractivity contribution in [1.82, 2.24) is 9.88 Å². The second kappa shape index (κ2) is 8.78. The molecule has 0 saturated carbocycles. The number of likely N-dealkylation sites (N-methyl/N-ethyl adjacent to an activating group) is 1. The van der Waals surface area contributed by atoms with Crippen LogP contribution >= 0.6 is 0 Å². The lowest BCUT2D eigenvalue weighted by atomic mass is 10.1. The van der Waals surface area contributed by atoms with Gasteiger partial charge in [-0.15, -0.1) is 0 Å². The number of hydrogen-bond acceptors (Lipinski definition) is 5. The third-order valence-corrected chi connectivity index (χ3v) is 5.09. The smallest absolute Gasteiger partial charge is 0.265 e. The van der Waals surface area contributed by atoms with E-state index in [1.807, 2.05) is 0 Å². The Balaban J connectivity index is 1.48. The first-order valence-corrected chi connectivity index (χ1v) is 10.0. The molecule has 2 aromatic carbocycles. The molecule has 0 fully saturated rings. The highest BCUT2D eigenvalue weighted by Crippen LogP contribution is 2.34. The van der Waals surface area contributed by atoms with Crippen molar-refractivity contribution in [2.75, 3.05) is 25.5 Å². The maximum absolute atomic E-state index is 14.0. The zero-order chi connectivity index (χ0) is 22.8. The summed E-state index contributed by atoms with van der Waals surface area (Å²) in [4.78, 5) is 32.5. The molecule has 1 unspecified atom stereocenters. The Bertz CT molecular complexity index is 1160. The van der Waals surface area contributed by atoms with Crippen LogP contribution in [0.5, 0.6) is 5.75 Å². The van der Waals surface area contributed by atoms with Crippen LogP contribution in [0.15, 0.2) is 53.1 Å². The molecule has 0 bridgehead atoms. The van der Waals surface area contributed by atoms with E-state index in [-0.39, 0.29) is 48.4 Å². The van der Waals surface area contributed by atoms with Crippen LogP contribution in [0.1, 0.15) is 12.3 Å². The fourth-order valence-electron chi connectivity index (χ4n) is 3.48. The third kappa shape index (κ3) is 4.32. The summed E-state index contributed by atoms with van der Waals surface area (Å²) < 4.78 is 38.4. The molecule has 0 spiro atoms. The summed E-state index contributed by atoms with van der Waals surface area (Å²) >= 11 is 0. The van der Waals surface area contributed by atoms with Crippen LogP contribution in [0.3, 0.4) is 0 Å². The highest BCUT2D eigenvalue weighted by atomic mass is 19.1. The van der Waals surface area contributed by atoms with Gasteiger partial charge in [0, 0.05) is 33.0 Å². The van der Waals surface area contributed by atoms with Crippen LogP contribution in [-0.4, -0.2) is 48.4 Å². The number of benzene rings is 2. The molecule has 32 heavy (non-hydrogen) atoms. The molecule has 1 aliphatic rings. The summed E-state index contributed by atoms with van der Waals surface area (Å²) in [5, 5.41) is 0. The van der Waals surface area contributed by atoms with Gasteiger partial charge in [-0.25, -0.2) is 13.8 Å². The Morgan fingerprint density at radius 3 is 2.72 bits per heavy atom. The fourth-order valence-corrected chi connectivity index (χ4v) is 3.48. The van der Waals surface area contributed by atoms with E-state index in [0.29, 0.717) is 11.4 Å². The zero-order valence-electron chi connectivity index (χ0n) is 17.5. The number of amides is 2. The average molecular weight is 441 g/mol. The molecule has 2 amide bonds. The summed E-state index contributed by atoms with van der Waals surface area (Å²) in [6, 6.07) is 10.2. The molecule has 0 N–H and O–H groups in total. The topological polar surface area (TPSA) is 75.9 Å². The van der Waals surface area contributed by atoms with Gasteiger partial charge in [0.15, 0.2) is 17.8 Å². The second-order valence-corrected chi connectivity index (χ2v) is 7.55. The number of carbonyl (C=O) groups excluding carboxylic acids is 2. The van der Waals surface area contributed by atoms with Gasteiger partial charge in [0.05, 0.1) is 24.0 Å². The van der Waals surface area contributed by atoms with E-state index in [1.54, 1.807) is 38.4 Å². The number of para-hydroxylation sites is 2. The summed E-state index contributed by atoms with van der Waals surface area (Å²) in [6.07, 6.45) is 0.765. The van der Waals surface area contributed by atoms with E-state index in [1.165, 1.54) is 22.1 Å². The lowest BCUT2D eigenvalue weighted by Gasteiger charge is -2.35. The van der Waals surface area contributed by atoms with Crippen molar-refractivity contribution in [1.29, 1.82) is 0 Å². The van der Waals surface area contributed by atoms with Crippen molar-refractivity contribution < 1.29 is 27.5 Å². The number of nitrogens with zero attached hydrogens (tertiary/aromatic N) is 3. The molecule has 166 valence electrons. The number of oxazole rings is 1. The van der Waals surface area contributed by atoms with E-state index in [0.717, 1.165) is 12.1 Å². The van der Waals surface area contributed by atoms with Crippen molar-refractivity contribution in [2.45, 2.75) is 18.9 Å². The van der Waals surface area contributed by atoms with Crippen LogP contribution in [0.2, 0.25) is 0 Å². The molecule has 4 rings (SSSR count). The Labute approximate surface area is 183 Å². The predicted molar refractivity (Wildman–Crippen MR) is 112 cm³/mol. The lowest BCUT2D eigenvalue weighted by Crippen LogP contribution is -2.50. The summed E-state index contributed by atoms with van der Waals surface area (Å²) in [5.41, 5.74) is 0.672. The maximum atomic E-state index is 14.0. The molecule has 9 heteroatoms. The first-order valence-electron chi connectivity index (χ1n) is 10.0. The number of anilines is 1. The number of carbonyl (C=O) groups is 2. The van der Waals surface area contributed by atoms with Crippen molar-refractivity contribution in [2.24, 2.45) is 0 Å². The van der Waals surface area contributed by atoms with Crippen molar-refractivity contribution in [3.63, 3.8) is 0 Å². The lowest BCUT2D eigenvalue weighted by molar-refractivity contribution is -0.136. The van der Waals surface area contributed by atoms with Gasteiger partial charge >= 0.3 is 0 Å². The highest BCUT2D eigenvalue weighted by Gasteiger charge is 2.34. The van der Waals surface area contributed by atoms with Crippen LogP contribution in [0.4, 0.5) is 14.5 Å². The standard InChI is InChI=1S/C23H21F2N3O4/c1-27(2)23(30)20-13-28(17-5-3-4-6-18(17)31-20)22(29)10-9-21-26-12-19(32-21)15-8-7-14(24)11-16(15)25/h3-8,11-12,20H,9-10,13H2,1-2H3. The third-order valence-electron chi connectivity index (χ3n) is 5.09. The van der Waals surface area contributed by atoms with Gasteiger partial charge in [-0.05, 0) is 24.3 Å². The first kappa shape index (κ1) is 21.5. The molecule has 2 heterocycles. The normalized spacial score (nSPS) is 15.1. The Morgan fingerprint density at radius 1 is 1.19 bits per heavy atom. The molecule has 3 aromatic rings. The molecule has 1 atom stereocenters. The highest BCUT2D eigenvalue weighted by molar-refractivity contribution is 5.97. The predicted octanol–water partition coefficient (Wildman–Crippen LogP) is 3.43. The van der Waals surface area contributed by atoms with Crippen molar-refractivity contribution in [3.05, 3.63) is 66.2 Å². The number of halogens is 2. The quantitative estimate of drug-likeness (QED) is 0.606. The monoisotopic (exact) mass is 441 g/mol. The van der Waals surface area contributed by atoms with Gasteiger partial charge in [0.1, 0.15) is 17.4 Å². The molecule has 0 radical (unpaired) electrons. The van der Waals surface area contributed by atoms with E-state index in [9.17, 15) is 18.4 Å². The fraction of sp³-hybridized carbons (Fsp3) is 0.261. The van der Waals surface area contributed by atoms with Gasteiger partial charge in [-0.3, -0.25) is 9.59 Å².